The molecule has 2 rings (SSSR count). The highest BCUT2D eigenvalue weighted by molar-refractivity contribution is 6.31. The molecule has 128 valence electrons. The van der Waals surface area contributed by atoms with Crippen LogP contribution >= 0.6 is 11.6 Å². The van der Waals surface area contributed by atoms with E-state index in [0.717, 1.165) is 18.7 Å². The van der Waals surface area contributed by atoms with Crippen molar-refractivity contribution in [3.63, 3.8) is 0 Å². The fraction of sp³-hybridized carbons (Fsp3) is 0.588. The van der Waals surface area contributed by atoms with Gasteiger partial charge in [-0.15, -0.1) is 0 Å². The third kappa shape index (κ3) is 4.03. The Morgan fingerprint density at radius 1 is 1.43 bits per heavy atom. The Morgan fingerprint density at radius 2 is 2.09 bits per heavy atom. The number of hydrogen-bond acceptors (Lipinski definition) is 3. The normalized spacial score (nSPS) is 17.8. The van der Waals surface area contributed by atoms with Gasteiger partial charge in [0.1, 0.15) is 11.4 Å². The Labute approximate surface area is 141 Å². The summed E-state index contributed by atoms with van der Waals surface area (Å²) < 4.78 is 18.7. The van der Waals surface area contributed by atoms with Crippen molar-refractivity contribution in [2.75, 3.05) is 26.7 Å². The molecule has 0 atom stereocenters. The van der Waals surface area contributed by atoms with Crippen molar-refractivity contribution in [1.82, 2.24) is 10.6 Å². The third-order valence-corrected chi connectivity index (χ3v) is 4.88. The summed E-state index contributed by atoms with van der Waals surface area (Å²) in [4.78, 5) is 12.6. The van der Waals surface area contributed by atoms with Gasteiger partial charge >= 0.3 is 0 Å². The minimum atomic E-state index is -0.770. The molecule has 1 saturated heterocycles. The highest BCUT2D eigenvalue weighted by Crippen LogP contribution is 2.30. The zero-order valence-corrected chi connectivity index (χ0v) is 14.6. The van der Waals surface area contributed by atoms with Gasteiger partial charge < -0.3 is 15.4 Å². The number of carbonyl (C=O) groups is 1. The number of carbonyl (C=O) groups excluding carboxylic acids is 1. The average Bonchev–Trinajstić information content (AvgIpc) is 2.53. The summed E-state index contributed by atoms with van der Waals surface area (Å²) in [5, 5.41) is 6.58. The molecular weight excluding hydrogens is 319 g/mol. The second kappa shape index (κ2) is 7.16. The summed E-state index contributed by atoms with van der Waals surface area (Å²) in [5.41, 5.74) is -0.381. The topological polar surface area (TPSA) is 50.4 Å². The van der Waals surface area contributed by atoms with E-state index in [1.54, 1.807) is 13.2 Å². The Morgan fingerprint density at radius 3 is 2.65 bits per heavy atom. The van der Waals surface area contributed by atoms with Crippen LogP contribution in [0.1, 0.15) is 32.3 Å². The van der Waals surface area contributed by atoms with E-state index in [9.17, 15) is 9.18 Å². The Bertz CT molecular complexity index is 572. The molecule has 2 N–H and O–H groups in total. The van der Waals surface area contributed by atoms with Crippen LogP contribution in [0, 0.1) is 5.82 Å². The number of amides is 1. The van der Waals surface area contributed by atoms with Gasteiger partial charge in [-0.05, 0) is 43.6 Å². The van der Waals surface area contributed by atoms with E-state index in [1.165, 1.54) is 12.1 Å². The molecule has 1 fully saturated rings. The average molecular weight is 343 g/mol. The summed E-state index contributed by atoms with van der Waals surface area (Å²) in [5.74, 6) is -0.473. The molecule has 1 aliphatic heterocycles. The molecule has 0 aromatic heterocycles. The van der Waals surface area contributed by atoms with Gasteiger partial charge in [0.15, 0.2) is 0 Å². The molecule has 1 amide bonds. The van der Waals surface area contributed by atoms with Gasteiger partial charge in [0.25, 0.3) is 5.91 Å². The molecule has 0 bridgehead atoms. The summed E-state index contributed by atoms with van der Waals surface area (Å²) in [6.45, 7) is 5.85. The Balaban J connectivity index is 2.07. The second-order valence-electron chi connectivity index (χ2n) is 6.64. The molecule has 23 heavy (non-hydrogen) atoms. The van der Waals surface area contributed by atoms with E-state index in [1.807, 2.05) is 13.8 Å². The molecule has 0 saturated carbocycles. The SMILES string of the molecule is COC1(C(=O)NCC(C)(C)c2ccc(F)cc2Cl)CCNCC1. The van der Waals surface area contributed by atoms with Crippen molar-refractivity contribution in [2.45, 2.75) is 37.7 Å². The molecule has 1 aromatic rings. The second-order valence-corrected chi connectivity index (χ2v) is 7.05. The molecule has 1 aromatic carbocycles. The van der Waals surface area contributed by atoms with Gasteiger partial charge in [-0.3, -0.25) is 4.79 Å². The van der Waals surface area contributed by atoms with E-state index >= 15 is 0 Å². The first kappa shape index (κ1) is 18.2. The number of piperidine rings is 1. The van der Waals surface area contributed by atoms with Crippen molar-refractivity contribution < 1.29 is 13.9 Å². The van der Waals surface area contributed by atoms with E-state index in [2.05, 4.69) is 10.6 Å². The van der Waals surface area contributed by atoms with E-state index in [4.69, 9.17) is 16.3 Å². The predicted molar refractivity (Wildman–Crippen MR) is 89.3 cm³/mol. The van der Waals surface area contributed by atoms with Crippen LogP contribution in [0.5, 0.6) is 0 Å². The quantitative estimate of drug-likeness (QED) is 0.865. The summed E-state index contributed by atoms with van der Waals surface area (Å²) in [6, 6.07) is 4.35. The summed E-state index contributed by atoms with van der Waals surface area (Å²) >= 11 is 6.15. The number of rotatable bonds is 5. The molecule has 0 aliphatic carbocycles. The van der Waals surface area contributed by atoms with Crippen molar-refractivity contribution in [3.05, 3.63) is 34.6 Å². The van der Waals surface area contributed by atoms with E-state index in [-0.39, 0.29) is 11.7 Å². The van der Waals surface area contributed by atoms with Gasteiger partial charge in [0.05, 0.1) is 0 Å². The summed E-state index contributed by atoms with van der Waals surface area (Å²) in [7, 11) is 1.58. The number of hydrogen-bond donors (Lipinski definition) is 2. The number of ether oxygens (including phenoxy) is 1. The van der Waals surface area contributed by atoms with Crippen LogP contribution < -0.4 is 10.6 Å². The predicted octanol–water partition coefficient (Wildman–Crippen LogP) is 2.64. The van der Waals surface area contributed by atoms with Crippen LogP contribution in [-0.2, 0) is 14.9 Å². The van der Waals surface area contributed by atoms with Crippen molar-refractivity contribution in [2.24, 2.45) is 0 Å². The van der Waals surface area contributed by atoms with Crippen LogP contribution in [-0.4, -0.2) is 38.3 Å². The molecule has 4 nitrogen and oxygen atoms in total. The van der Waals surface area contributed by atoms with E-state index in [0.29, 0.717) is 24.4 Å². The molecule has 1 aliphatic rings. The fourth-order valence-electron chi connectivity index (χ4n) is 2.95. The zero-order valence-electron chi connectivity index (χ0n) is 13.8. The lowest BCUT2D eigenvalue weighted by atomic mass is 9.83. The maximum atomic E-state index is 13.2. The molecule has 0 spiro atoms. The van der Waals surface area contributed by atoms with Gasteiger partial charge in [-0.1, -0.05) is 31.5 Å². The Hall–Kier alpha value is -1.17. The minimum Gasteiger partial charge on any atom is -0.368 e. The first-order chi connectivity index (χ1) is 10.8. The van der Waals surface area contributed by atoms with Gasteiger partial charge in [0, 0.05) is 24.1 Å². The lowest BCUT2D eigenvalue weighted by molar-refractivity contribution is -0.146. The maximum absolute atomic E-state index is 13.2. The van der Waals surface area contributed by atoms with Gasteiger partial charge in [-0.25, -0.2) is 4.39 Å². The zero-order chi connectivity index (χ0) is 17.1. The molecule has 1 heterocycles. The molecule has 6 heteroatoms. The third-order valence-electron chi connectivity index (χ3n) is 4.57. The van der Waals surface area contributed by atoms with Crippen LogP contribution in [0.4, 0.5) is 4.39 Å². The first-order valence-electron chi connectivity index (χ1n) is 7.80. The van der Waals surface area contributed by atoms with Crippen LogP contribution in [0.2, 0.25) is 5.02 Å². The Kier molecular flexibility index (Phi) is 5.65. The standard InChI is InChI=1S/C17H24ClFN2O2/c1-16(2,13-5-4-12(19)10-14(13)18)11-21-15(22)17(23-3)6-8-20-9-7-17/h4-5,10,20H,6-9,11H2,1-3H3,(H,21,22). The van der Waals surface area contributed by atoms with Crippen molar-refractivity contribution >= 4 is 17.5 Å². The van der Waals surface area contributed by atoms with Crippen LogP contribution in [0.25, 0.3) is 0 Å². The smallest absolute Gasteiger partial charge is 0.252 e. The number of methoxy groups -OCH3 is 1. The van der Waals surface area contributed by atoms with Crippen molar-refractivity contribution in [1.29, 1.82) is 0 Å². The molecule has 0 unspecified atom stereocenters. The summed E-state index contributed by atoms with van der Waals surface area (Å²) in [6.07, 6.45) is 1.29. The highest BCUT2D eigenvalue weighted by atomic mass is 35.5. The molecular formula is C17H24ClFN2O2. The number of halogens is 2. The van der Waals surface area contributed by atoms with Gasteiger partial charge in [-0.2, -0.15) is 0 Å². The maximum Gasteiger partial charge on any atom is 0.252 e. The van der Waals surface area contributed by atoms with Crippen LogP contribution in [0.3, 0.4) is 0 Å². The lowest BCUT2D eigenvalue weighted by Gasteiger charge is -2.36. The van der Waals surface area contributed by atoms with Crippen LogP contribution in [0.15, 0.2) is 18.2 Å². The van der Waals surface area contributed by atoms with Crippen molar-refractivity contribution in [3.8, 4) is 0 Å². The fourth-order valence-corrected chi connectivity index (χ4v) is 3.37. The monoisotopic (exact) mass is 342 g/mol. The van der Waals surface area contributed by atoms with Gasteiger partial charge in [0.2, 0.25) is 0 Å². The minimum absolute atomic E-state index is 0.104. The van der Waals surface area contributed by atoms with E-state index < -0.39 is 11.0 Å². The largest absolute Gasteiger partial charge is 0.368 e. The molecule has 0 radical (unpaired) electrons. The highest BCUT2D eigenvalue weighted by Gasteiger charge is 2.40. The number of benzene rings is 1. The lowest BCUT2D eigenvalue weighted by Crippen LogP contribution is -2.55. The number of nitrogens with one attached hydrogen (secondary N) is 2. The first-order valence-corrected chi connectivity index (χ1v) is 8.18.